The Kier molecular flexibility index (Phi) is 10.7. The minimum Gasteiger partial charge on any atom is -0.493 e. The Morgan fingerprint density at radius 2 is 1.28 bits per heavy atom. The molecule has 0 radical (unpaired) electrons. The van der Waals surface area contributed by atoms with Crippen molar-refractivity contribution in [3.05, 3.63) is 63.3 Å². The van der Waals surface area contributed by atoms with E-state index < -0.39 is 0 Å². The van der Waals surface area contributed by atoms with Gasteiger partial charge in [0.05, 0.1) is 46.8 Å². The van der Waals surface area contributed by atoms with Gasteiger partial charge in [0.2, 0.25) is 5.75 Å². The molecule has 0 fully saturated rings. The van der Waals surface area contributed by atoms with Crippen LogP contribution in [0.2, 0.25) is 0 Å². The Labute approximate surface area is 231 Å². The van der Waals surface area contributed by atoms with Gasteiger partial charge >= 0.3 is 5.97 Å². The lowest BCUT2D eigenvalue weighted by Gasteiger charge is -2.13. The highest BCUT2D eigenvalue weighted by Gasteiger charge is 2.26. The number of benzene rings is 2. The first-order chi connectivity index (χ1) is 18.9. The second-order valence-electron chi connectivity index (χ2n) is 8.33. The van der Waals surface area contributed by atoms with E-state index in [0.29, 0.717) is 50.5 Å². The maximum Gasteiger partial charge on any atom is 0.306 e. The van der Waals surface area contributed by atoms with Crippen molar-refractivity contribution in [3.8, 4) is 28.7 Å². The Hall–Kier alpha value is -4.05. The molecule has 10 heteroatoms. The molecule has 0 aliphatic rings. The van der Waals surface area contributed by atoms with E-state index >= 15 is 0 Å². The van der Waals surface area contributed by atoms with Gasteiger partial charge in [-0.2, -0.15) is 0 Å². The molecule has 9 nitrogen and oxygen atoms in total. The molecule has 1 aromatic heterocycles. The monoisotopic (exact) mass is 556 g/mol. The fourth-order valence-electron chi connectivity index (χ4n) is 3.94. The summed E-state index contributed by atoms with van der Waals surface area (Å²) < 4.78 is 32.3. The number of Topliss-reactive ketones (excluding diaryl/α,β-unsaturated/α-hetero) is 2. The first-order valence-corrected chi connectivity index (χ1v) is 13.0. The second-order valence-corrected chi connectivity index (χ2v) is 9.43. The van der Waals surface area contributed by atoms with Crippen LogP contribution < -0.4 is 23.7 Å². The largest absolute Gasteiger partial charge is 0.493 e. The first-order valence-electron chi connectivity index (χ1n) is 12.2. The number of esters is 1. The summed E-state index contributed by atoms with van der Waals surface area (Å²) in [7, 11) is 7.33. The number of methoxy groups -OCH3 is 5. The number of ketones is 2. The minimum absolute atomic E-state index is 0.0397. The quantitative estimate of drug-likeness (QED) is 0.182. The van der Waals surface area contributed by atoms with Crippen molar-refractivity contribution in [1.29, 1.82) is 0 Å². The lowest BCUT2D eigenvalue weighted by molar-refractivity contribution is -0.144. The molecule has 0 atom stereocenters. The molecular weight excluding hydrogens is 524 g/mol. The van der Waals surface area contributed by atoms with Crippen LogP contribution >= 0.6 is 11.3 Å². The molecule has 0 bridgehead atoms. The molecule has 0 spiro atoms. The van der Waals surface area contributed by atoms with Gasteiger partial charge in [-0.05, 0) is 24.1 Å². The third-order valence-corrected chi connectivity index (χ3v) is 7.17. The maximum atomic E-state index is 13.1. The van der Waals surface area contributed by atoms with Crippen LogP contribution in [0.4, 0.5) is 0 Å². The average Bonchev–Trinajstić information content (AvgIpc) is 3.34. The average molecular weight is 557 g/mol. The standard InChI is InChI=1S/C29H32O9S/c1-33-22-15-19(16-23(34-2)26(22)35-3)20(30)11-12-21(31)29-28(37-5)27(36-4)24(39-29)13-14-25(32)38-17-18-9-7-6-8-10-18/h6-10,15-16H,11-14,17H2,1-5H3. The van der Waals surface area contributed by atoms with Gasteiger partial charge in [0, 0.05) is 18.4 Å². The van der Waals surface area contributed by atoms with E-state index in [2.05, 4.69) is 0 Å². The van der Waals surface area contributed by atoms with E-state index in [0.717, 1.165) is 5.56 Å². The Bertz CT molecular complexity index is 1270. The Morgan fingerprint density at radius 1 is 0.692 bits per heavy atom. The summed E-state index contributed by atoms with van der Waals surface area (Å²) in [5.74, 6) is 0.876. The smallest absolute Gasteiger partial charge is 0.306 e. The van der Waals surface area contributed by atoms with Crippen LogP contribution in [-0.4, -0.2) is 53.1 Å². The second kappa shape index (κ2) is 14.2. The van der Waals surface area contributed by atoms with Crippen LogP contribution in [-0.2, 0) is 22.6 Å². The van der Waals surface area contributed by atoms with Crippen molar-refractivity contribution >= 4 is 28.9 Å². The fraction of sp³-hybridized carbons (Fsp3) is 0.345. The summed E-state index contributed by atoms with van der Waals surface area (Å²) in [4.78, 5) is 39.4. The molecule has 39 heavy (non-hydrogen) atoms. The van der Waals surface area contributed by atoms with Gasteiger partial charge in [-0.3, -0.25) is 14.4 Å². The van der Waals surface area contributed by atoms with Crippen molar-refractivity contribution in [2.45, 2.75) is 32.3 Å². The van der Waals surface area contributed by atoms with Gasteiger partial charge in [-0.25, -0.2) is 0 Å². The van der Waals surface area contributed by atoms with E-state index in [9.17, 15) is 14.4 Å². The van der Waals surface area contributed by atoms with Crippen LogP contribution in [0.25, 0.3) is 0 Å². The molecule has 0 saturated heterocycles. The molecule has 0 N–H and O–H groups in total. The molecule has 0 aliphatic heterocycles. The van der Waals surface area contributed by atoms with Crippen LogP contribution in [0.15, 0.2) is 42.5 Å². The number of rotatable bonds is 15. The zero-order chi connectivity index (χ0) is 28.4. The number of aryl methyl sites for hydroxylation is 1. The maximum absolute atomic E-state index is 13.1. The zero-order valence-electron chi connectivity index (χ0n) is 22.7. The first kappa shape index (κ1) is 29.5. The summed E-state index contributed by atoms with van der Waals surface area (Å²) in [5, 5.41) is 0. The number of thiophene rings is 1. The van der Waals surface area contributed by atoms with Gasteiger partial charge in [0.1, 0.15) is 11.5 Å². The highest BCUT2D eigenvalue weighted by Crippen LogP contribution is 2.44. The summed E-state index contributed by atoms with van der Waals surface area (Å²) in [6.45, 7) is 0.189. The topological polar surface area (TPSA) is 107 Å². The van der Waals surface area contributed by atoms with Gasteiger partial charge in [0.15, 0.2) is 34.6 Å². The predicted molar refractivity (Wildman–Crippen MR) is 146 cm³/mol. The van der Waals surface area contributed by atoms with Crippen LogP contribution in [0.5, 0.6) is 28.7 Å². The molecule has 0 unspecified atom stereocenters. The van der Waals surface area contributed by atoms with Crippen molar-refractivity contribution in [2.75, 3.05) is 35.5 Å². The van der Waals surface area contributed by atoms with Crippen molar-refractivity contribution < 1.29 is 42.8 Å². The highest BCUT2D eigenvalue weighted by molar-refractivity contribution is 7.14. The normalized spacial score (nSPS) is 10.5. The summed E-state index contributed by atoms with van der Waals surface area (Å²) in [5.41, 5.74) is 1.23. The molecule has 0 saturated carbocycles. The van der Waals surface area contributed by atoms with Gasteiger partial charge < -0.3 is 28.4 Å². The summed E-state index contributed by atoms with van der Waals surface area (Å²) >= 11 is 1.19. The number of hydrogen-bond donors (Lipinski definition) is 0. The molecule has 2 aromatic carbocycles. The van der Waals surface area contributed by atoms with E-state index in [4.69, 9.17) is 28.4 Å². The molecule has 1 heterocycles. The molecule has 0 amide bonds. The van der Waals surface area contributed by atoms with E-state index in [1.807, 2.05) is 30.3 Å². The Balaban J connectivity index is 1.67. The number of carbonyl (C=O) groups excluding carboxylic acids is 3. The van der Waals surface area contributed by atoms with Crippen molar-refractivity contribution in [2.24, 2.45) is 0 Å². The van der Waals surface area contributed by atoms with E-state index in [1.165, 1.54) is 46.9 Å². The van der Waals surface area contributed by atoms with Crippen molar-refractivity contribution in [3.63, 3.8) is 0 Å². The van der Waals surface area contributed by atoms with Gasteiger partial charge in [-0.15, -0.1) is 11.3 Å². The number of carbonyl (C=O) groups is 3. The zero-order valence-corrected chi connectivity index (χ0v) is 23.5. The SMILES string of the molecule is COc1cc(C(=O)CCC(=O)c2sc(CCC(=O)OCc3ccccc3)c(OC)c2OC)cc(OC)c1OC. The van der Waals surface area contributed by atoms with Crippen LogP contribution in [0, 0.1) is 0 Å². The van der Waals surface area contributed by atoms with Gasteiger partial charge in [-0.1, -0.05) is 30.3 Å². The highest BCUT2D eigenvalue weighted by atomic mass is 32.1. The van der Waals surface area contributed by atoms with E-state index in [-0.39, 0.29) is 43.4 Å². The fourth-order valence-corrected chi connectivity index (χ4v) is 5.14. The number of hydrogen-bond acceptors (Lipinski definition) is 10. The molecule has 208 valence electrons. The third-order valence-electron chi connectivity index (χ3n) is 5.92. The van der Waals surface area contributed by atoms with E-state index in [1.54, 1.807) is 12.1 Å². The minimum atomic E-state index is -0.364. The summed E-state index contributed by atoms with van der Waals surface area (Å²) in [6.07, 6.45) is 0.339. The van der Waals surface area contributed by atoms with Crippen LogP contribution in [0.3, 0.4) is 0 Å². The Morgan fingerprint density at radius 3 is 1.85 bits per heavy atom. The summed E-state index contributed by atoms with van der Waals surface area (Å²) in [6, 6.07) is 12.5. The molecule has 0 aliphatic carbocycles. The predicted octanol–water partition coefficient (Wildman–Crippen LogP) is 5.31. The molecule has 3 aromatic rings. The molecular formula is C29H32O9S. The van der Waals surface area contributed by atoms with Gasteiger partial charge in [0.25, 0.3) is 0 Å². The lowest BCUT2D eigenvalue weighted by Crippen LogP contribution is -2.06. The van der Waals surface area contributed by atoms with Crippen LogP contribution in [0.1, 0.15) is 49.7 Å². The third kappa shape index (κ3) is 7.29. The molecule has 3 rings (SSSR count). The lowest BCUT2D eigenvalue weighted by atomic mass is 10.0. The number of ether oxygens (including phenoxy) is 6. The van der Waals surface area contributed by atoms with Crippen molar-refractivity contribution in [1.82, 2.24) is 0 Å².